The van der Waals surface area contributed by atoms with Crippen molar-refractivity contribution in [3.8, 4) is 0 Å². The highest BCUT2D eigenvalue weighted by molar-refractivity contribution is 6.68. The van der Waals surface area contributed by atoms with Gasteiger partial charge in [0.2, 0.25) is 0 Å². The molecule has 0 saturated carbocycles. The normalized spacial score (nSPS) is 15.6. The highest BCUT2D eigenvalue weighted by atomic mass is 28.2. The zero-order valence-electron chi connectivity index (χ0n) is 23.3. The summed E-state index contributed by atoms with van der Waals surface area (Å²) in [5.41, 5.74) is 10.6. The molecule has 0 amide bonds. The average molecular weight is 541 g/mol. The van der Waals surface area contributed by atoms with Crippen molar-refractivity contribution in [2.24, 2.45) is 0 Å². The van der Waals surface area contributed by atoms with Gasteiger partial charge in [0, 0.05) is 5.92 Å². The summed E-state index contributed by atoms with van der Waals surface area (Å²) in [6, 6.07) is 47.1. The van der Waals surface area contributed by atoms with Crippen LogP contribution < -0.4 is 10.4 Å². The molecule has 41 heavy (non-hydrogen) atoms. The fraction of sp³-hybridized carbons (Fsp3) is 0.100. The molecule has 1 atom stereocenters. The van der Waals surface area contributed by atoms with Crippen LogP contribution >= 0.6 is 0 Å². The Morgan fingerprint density at radius 3 is 1.98 bits per heavy atom. The van der Waals surface area contributed by atoms with Crippen molar-refractivity contribution in [3.05, 3.63) is 196 Å². The fourth-order valence-corrected chi connectivity index (χ4v) is 8.19. The first-order valence-electron chi connectivity index (χ1n) is 14.5. The number of allylic oxidation sites excluding steroid dienone is 5. The van der Waals surface area contributed by atoms with Crippen molar-refractivity contribution in [3.63, 3.8) is 0 Å². The van der Waals surface area contributed by atoms with Gasteiger partial charge < -0.3 is 0 Å². The molecule has 2 aliphatic carbocycles. The van der Waals surface area contributed by atoms with E-state index in [1.807, 2.05) is 0 Å². The van der Waals surface area contributed by atoms with E-state index in [-0.39, 0.29) is 5.92 Å². The van der Waals surface area contributed by atoms with Gasteiger partial charge in [-0.15, -0.1) is 0 Å². The first kappa shape index (κ1) is 25.5. The van der Waals surface area contributed by atoms with Gasteiger partial charge in [-0.2, -0.15) is 0 Å². The van der Waals surface area contributed by atoms with Crippen LogP contribution in [0.15, 0.2) is 157 Å². The molecular weight excluding hydrogens is 509 g/mol. The zero-order valence-corrected chi connectivity index (χ0v) is 24.3. The minimum Gasteiger partial charge on any atom is -0.0804 e. The molecule has 2 aliphatic rings. The molecule has 0 spiro atoms. The Labute approximate surface area is 246 Å². The summed E-state index contributed by atoms with van der Waals surface area (Å²) in [4.78, 5) is 0. The van der Waals surface area contributed by atoms with Crippen LogP contribution in [-0.4, -0.2) is 9.52 Å². The van der Waals surface area contributed by atoms with E-state index in [2.05, 4.69) is 165 Å². The van der Waals surface area contributed by atoms with Crippen molar-refractivity contribution in [1.29, 1.82) is 0 Å². The molecule has 1 unspecified atom stereocenters. The first-order valence-corrected chi connectivity index (χ1v) is 15.5. The molecule has 0 nitrogen and oxygen atoms in total. The molecular formula is C40H32Si. The maximum absolute atomic E-state index is 2.44. The lowest BCUT2D eigenvalue weighted by molar-refractivity contribution is 0.699. The molecule has 0 aliphatic heterocycles. The van der Waals surface area contributed by atoms with Gasteiger partial charge in [-0.05, 0) is 52.3 Å². The van der Waals surface area contributed by atoms with Crippen LogP contribution in [0.5, 0.6) is 0 Å². The van der Waals surface area contributed by atoms with Gasteiger partial charge in [-0.3, -0.25) is 0 Å². The number of hydrogen-bond acceptors (Lipinski definition) is 0. The Bertz CT molecular complexity index is 1740. The Morgan fingerprint density at radius 1 is 0.683 bits per heavy atom. The summed E-state index contributed by atoms with van der Waals surface area (Å²) in [6.07, 6.45) is 12.6. The molecule has 196 valence electrons. The molecule has 5 aromatic carbocycles. The third kappa shape index (κ3) is 4.38. The summed E-state index contributed by atoms with van der Waals surface area (Å²) in [7, 11) is 0.571. The Hall–Kier alpha value is -4.46. The van der Waals surface area contributed by atoms with Crippen LogP contribution in [0.1, 0.15) is 51.3 Å². The summed E-state index contributed by atoms with van der Waals surface area (Å²) in [5.74, 6) is 0.189. The van der Waals surface area contributed by atoms with E-state index in [0.717, 1.165) is 6.42 Å². The SMILES string of the molecule is Cc1ccc(C(C2=CC=CC2)(c2ccccc2)c2ccccc2)c(C2C=Cc3ccccc32)c1[Si]c1ccccc1. The van der Waals surface area contributed by atoms with Gasteiger partial charge in [0.25, 0.3) is 0 Å². The van der Waals surface area contributed by atoms with Gasteiger partial charge in [0.1, 0.15) is 9.52 Å². The first-order chi connectivity index (χ1) is 20.3. The third-order valence-electron chi connectivity index (χ3n) is 8.68. The quantitative estimate of drug-likeness (QED) is 0.145. The van der Waals surface area contributed by atoms with Crippen LogP contribution in [0.2, 0.25) is 0 Å². The maximum Gasteiger partial charge on any atom is 0.122 e. The van der Waals surface area contributed by atoms with Gasteiger partial charge in [-0.1, -0.05) is 174 Å². The lowest BCUT2D eigenvalue weighted by Gasteiger charge is -2.41. The molecule has 5 aromatic rings. The number of aryl methyl sites for hydroxylation is 1. The third-order valence-corrected chi connectivity index (χ3v) is 10.2. The van der Waals surface area contributed by atoms with Gasteiger partial charge in [0.15, 0.2) is 0 Å². The second kappa shape index (κ2) is 10.8. The molecule has 7 rings (SSSR count). The minimum absolute atomic E-state index is 0.189. The van der Waals surface area contributed by atoms with Gasteiger partial charge in [-0.25, -0.2) is 0 Å². The summed E-state index contributed by atoms with van der Waals surface area (Å²) >= 11 is 0. The van der Waals surface area contributed by atoms with Crippen LogP contribution in [0.4, 0.5) is 0 Å². The Balaban J connectivity index is 1.60. The summed E-state index contributed by atoms with van der Waals surface area (Å²) in [6.45, 7) is 2.30. The zero-order chi connectivity index (χ0) is 27.6. The van der Waals surface area contributed by atoms with E-state index in [4.69, 9.17) is 0 Å². The van der Waals surface area contributed by atoms with Crippen molar-refractivity contribution >= 4 is 26.0 Å². The van der Waals surface area contributed by atoms with E-state index in [0.29, 0.717) is 9.52 Å². The van der Waals surface area contributed by atoms with E-state index >= 15 is 0 Å². The molecule has 0 N–H and O–H groups in total. The Morgan fingerprint density at radius 2 is 1.32 bits per heavy atom. The van der Waals surface area contributed by atoms with Crippen LogP contribution in [-0.2, 0) is 5.41 Å². The smallest absolute Gasteiger partial charge is 0.0804 e. The second-order valence-corrected chi connectivity index (χ2v) is 12.3. The molecule has 0 aromatic heterocycles. The topological polar surface area (TPSA) is 0 Å². The number of fused-ring (bicyclic) bond motifs is 1. The molecule has 0 heterocycles. The number of rotatable bonds is 7. The highest BCUT2D eigenvalue weighted by Crippen LogP contribution is 2.51. The van der Waals surface area contributed by atoms with Crippen molar-refractivity contribution in [1.82, 2.24) is 0 Å². The van der Waals surface area contributed by atoms with Crippen molar-refractivity contribution < 1.29 is 0 Å². The summed E-state index contributed by atoms with van der Waals surface area (Å²) < 4.78 is 0. The van der Waals surface area contributed by atoms with Crippen molar-refractivity contribution in [2.75, 3.05) is 0 Å². The second-order valence-electron chi connectivity index (χ2n) is 11.0. The number of benzene rings is 5. The van der Waals surface area contributed by atoms with Crippen molar-refractivity contribution in [2.45, 2.75) is 24.7 Å². The predicted octanol–water partition coefficient (Wildman–Crippen LogP) is 8.03. The minimum atomic E-state index is -0.420. The van der Waals surface area contributed by atoms with E-state index in [1.54, 1.807) is 0 Å². The van der Waals surface area contributed by atoms with Crippen LogP contribution in [0, 0.1) is 6.92 Å². The monoisotopic (exact) mass is 540 g/mol. The van der Waals surface area contributed by atoms with Gasteiger partial charge >= 0.3 is 0 Å². The van der Waals surface area contributed by atoms with E-state index in [1.165, 1.54) is 54.9 Å². The average Bonchev–Trinajstić information content (AvgIpc) is 3.72. The molecule has 0 fully saturated rings. The highest BCUT2D eigenvalue weighted by Gasteiger charge is 2.43. The molecule has 1 heteroatoms. The Kier molecular flexibility index (Phi) is 6.74. The van der Waals surface area contributed by atoms with E-state index < -0.39 is 5.41 Å². The van der Waals surface area contributed by atoms with E-state index in [9.17, 15) is 0 Å². The maximum atomic E-state index is 2.44. The lowest BCUT2D eigenvalue weighted by Crippen LogP contribution is -2.39. The predicted molar refractivity (Wildman–Crippen MR) is 175 cm³/mol. The summed E-state index contributed by atoms with van der Waals surface area (Å²) in [5, 5.41) is 2.83. The van der Waals surface area contributed by atoms with Crippen LogP contribution in [0.25, 0.3) is 6.08 Å². The molecule has 2 radical (unpaired) electrons. The fourth-order valence-electron chi connectivity index (χ4n) is 6.83. The molecule has 0 bridgehead atoms. The van der Waals surface area contributed by atoms with Crippen LogP contribution in [0.3, 0.4) is 0 Å². The van der Waals surface area contributed by atoms with Gasteiger partial charge in [0.05, 0.1) is 5.41 Å². The molecule has 0 saturated heterocycles. The number of hydrogen-bond donors (Lipinski definition) is 0. The largest absolute Gasteiger partial charge is 0.122 e. The standard InChI is InChI=1S/C40H32Si/c1-29-25-28-37(40(33-20-12-13-21-33,31-16-5-2-6-17-31)32-18-7-3-8-19-32)38(39(29)41-34-22-9-4-10-23-34)36-27-26-30-15-11-14-24-35(30)36/h2-20,22-28,36H,21H2,1H3. The lowest BCUT2D eigenvalue weighted by atomic mass is 9.62.